The smallest absolute Gasteiger partial charge is 0.164 e. The molecule has 88 valence electrons. The Bertz CT molecular complexity index is 379. The number of anilines is 1. The van der Waals surface area contributed by atoms with Crippen LogP contribution in [0.15, 0.2) is 18.2 Å². The van der Waals surface area contributed by atoms with Crippen molar-refractivity contribution in [3.05, 3.63) is 29.6 Å². The van der Waals surface area contributed by atoms with Gasteiger partial charge in [0.15, 0.2) is 5.78 Å². The SMILES string of the molecule is COCCN(C)c1cccc(F)c1C(C)=O. The fourth-order valence-corrected chi connectivity index (χ4v) is 1.53. The molecular formula is C12H16FNO2. The summed E-state index contributed by atoms with van der Waals surface area (Å²) in [7, 11) is 3.41. The maximum atomic E-state index is 13.5. The highest BCUT2D eigenvalue weighted by Crippen LogP contribution is 2.22. The Morgan fingerprint density at radius 1 is 1.50 bits per heavy atom. The molecule has 0 aromatic heterocycles. The normalized spacial score (nSPS) is 10.2. The number of rotatable bonds is 5. The molecule has 1 aromatic rings. The average molecular weight is 225 g/mol. The summed E-state index contributed by atoms with van der Waals surface area (Å²) in [5.74, 6) is -0.744. The third-order valence-electron chi connectivity index (χ3n) is 2.39. The Morgan fingerprint density at radius 3 is 2.75 bits per heavy atom. The van der Waals surface area contributed by atoms with E-state index >= 15 is 0 Å². The lowest BCUT2D eigenvalue weighted by molar-refractivity contribution is 0.101. The van der Waals surface area contributed by atoms with Crippen LogP contribution in [0.2, 0.25) is 0 Å². The molecule has 0 spiro atoms. The van der Waals surface area contributed by atoms with Gasteiger partial charge in [0.2, 0.25) is 0 Å². The number of methoxy groups -OCH3 is 1. The first-order chi connectivity index (χ1) is 7.57. The molecule has 4 heteroatoms. The van der Waals surface area contributed by atoms with Gasteiger partial charge >= 0.3 is 0 Å². The highest BCUT2D eigenvalue weighted by molar-refractivity contribution is 5.99. The predicted molar refractivity (Wildman–Crippen MR) is 61.6 cm³/mol. The minimum absolute atomic E-state index is 0.140. The number of nitrogens with zero attached hydrogens (tertiary/aromatic N) is 1. The van der Waals surface area contributed by atoms with Crippen molar-refractivity contribution in [1.82, 2.24) is 0 Å². The van der Waals surface area contributed by atoms with Crippen molar-refractivity contribution in [3.8, 4) is 0 Å². The van der Waals surface area contributed by atoms with E-state index < -0.39 is 5.82 Å². The van der Waals surface area contributed by atoms with Crippen LogP contribution in [0.5, 0.6) is 0 Å². The zero-order valence-corrected chi connectivity index (χ0v) is 9.79. The van der Waals surface area contributed by atoms with Crippen molar-refractivity contribution in [2.24, 2.45) is 0 Å². The van der Waals surface area contributed by atoms with Crippen LogP contribution in [0.4, 0.5) is 10.1 Å². The number of carbonyl (C=O) groups is 1. The number of benzene rings is 1. The highest BCUT2D eigenvalue weighted by atomic mass is 19.1. The van der Waals surface area contributed by atoms with Gasteiger partial charge in [-0.3, -0.25) is 4.79 Å². The maximum Gasteiger partial charge on any atom is 0.164 e. The molecule has 0 amide bonds. The lowest BCUT2D eigenvalue weighted by atomic mass is 10.1. The van der Waals surface area contributed by atoms with Gasteiger partial charge in [0.05, 0.1) is 17.9 Å². The van der Waals surface area contributed by atoms with Crippen LogP contribution in [0.1, 0.15) is 17.3 Å². The van der Waals surface area contributed by atoms with Crippen LogP contribution in [-0.2, 0) is 4.74 Å². The van der Waals surface area contributed by atoms with Crippen LogP contribution in [0, 0.1) is 5.82 Å². The van der Waals surface area contributed by atoms with E-state index in [1.807, 2.05) is 4.90 Å². The first kappa shape index (κ1) is 12.6. The second kappa shape index (κ2) is 5.61. The van der Waals surface area contributed by atoms with E-state index in [2.05, 4.69) is 0 Å². The molecule has 0 heterocycles. The molecule has 1 aromatic carbocycles. The summed E-state index contributed by atoms with van der Waals surface area (Å²) in [6.45, 7) is 2.51. The molecule has 0 fully saturated rings. The molecule has 0 aliphatic rings. The molecule has 0 aliphatic carbocycles. The van der Waals surface area contributed by atoms with Crippen LogP contribution in [-0.4, -0.2) is 33.1 Å². The second-order valence-electron chi connectivity index (χ2n) is 3.60. The first-order valence-electron chi connectivity index (χ1n) is 5.07. The van der Waals surface area contributed by atoms with Gasteiger partial charge in [0, 0.05) is 20.7 Å². The standard InChI is InChI=1S/C12H16FNO2/c1-9(15)12-10(13)5-4-6-11(12)14(2)7-8-16-3/h4-6H,7-8H2,1-3H3. The van der Waals surface area contributed by atoms with Crippen LogP contribution < -0.4 is 4.90 Å². The van der Waals surface area contributed by atoms with Gasteiger partial charge in [-0.1, -0.05) is 6.07 Å². The third kappa shape index (κ3) is 2.79. The van der Waals surface area contributed by atoms with Crippen LogP contribution >= 0.6 is 0 Å². The number of likely N-dealkylation sites (N-methyl/N-ethyl adjacent to an activating group) is 1. The summed E-state index contributed by atoms with van der Waals surface area (Å²) >= 11 is 0. The zero-order valence-electron chi connectivity index (χ0n) is 9.79. The zero-order chi connectivity index (χ0) is 12.1. The van der Waals surface area contributed by atoms with E-state index in [0.29, 0.717) is 18.8 Å². The summed E-state index contributed by atoms with van der Waals surface area (Å²) in [5.41, 5.74) is 0.741. The van der Waals surface area contributed by atoms with Crippen molar-refractivity contribution in [1.29, 1.82) is 0 Å². The van der Waals surface area contributed by atoms with Crippen LogP contribution in [0.3, 0.4) is 0 Å². The number of ether oxygens (including phenoxy) is 1. The fraction of sp³-hybridized carbons (Fsp3) is 0.417. The number of hydrogen-bond acceptors (Lipinski definition) is 3. The molecule has 0 unspecified atom stereocenters. The molecule has 0 saturated heterocycles. The minimum atomic E-state index is -0.478. The predicted octanol–water partition coefficient (Wildman–Crippen LogP) is 2.11. The lowest BCUT2D eigenvalue weighted by Gasteiger charge is -2.21. The summed E-state index contributed by atoms with van der Waals surface area (Å²) in [6, 6.07) is 4.63. The Kier molecular flexibility index (Phi) is 4.43. The van der Waals surface area contributed by atoms with Crippen molar-refractivity contribution in [2.75, 3.05) is 32.2 Å². The van der Waals surface area contributed by atoms with Gasteiger partial charge in [0.25, 0.3) is 0 Å². The van der Waals surface area contributed by atoms with Crippen molar-refractivity contribution in [3.63, 3.8) is 0 Å². The fourth-order valence-electron chi connectivity index (χ4n) is 1.53. The van der Waals surface area contributed by atoms with Gasteiger partial charge in [-0.15, -0.1) is 0 Å². The van der Waals surface area contributed by atoms with Gasteiger partial charge in [-0.05, 0) is 19.1 Å². The Labute approximate surface area is 94.8 Å². The van der Waals surface area contributed by atoms with E-state index in [1.165, 1.54) is 13.0 Å². The molecule has 16 heavy (non-hydrogen) atoms. The van der Waals surface area contributed by atoms with Gasteiger partial charge in [-0.25, -0.2) is 4.39 Å². The molecule has 0 atom stereocenters. The number of hydrogen-bond donors (Lipinski definition) is 0. The molecule has 0 N–H and O–H groups in total. The Morgan fingerprint density at radius 2 is 2.19 bits per heavy atom. The van der Waals surface area contributed by atoms with Gasteiger partial charge in [0.1, 0.15) is 5.82 Å². The molecule has 0 saturated carbocycles. The van der Waals surface area contributed by atoms with E-state index in [4.69, 9.17) is 4.74 Å². The maximum absolute atomic E-state index is 13.5. The molecule has 3 nitrogen and oxygen atoms in total. The summed E-state index contributed by atoms with van der Waals surface area (Å²) in [6.07, 6.45) is 0. The largest absolute Gasteiger partial charge is 0.383 e. The summed E-state index contributed by atoms with van der Waals surface area (Å²) < 4.78 is 18.4. The molecule has 0 aliphatic heterocycles. The van der Waals surface area contributed by atoms with Crippen LogP contribution in [0.25, 0.3) is 0 Å². The number of ketones is 1. The highest BCUT2D eigenvalue weighted by Gasteiger charge is 2.15. The molecule has 0 radical (unpaired) electrons. The van der Waals surface area contributed by atoms with E-state index in [9.17, 15) is 9.18 Å². The van der Waals surface area contributed by atoms with Crippen molar-refractivity contribution in [2.45, 2.75) is 6.92 Å². The minimum Gasteiger partial charge on any atom is -0.383 e. The Hall–Kier alpha value is -1.42. The van der Waals surface area contributed by atoms with E-state index in [-0.39, 0.29) is 11.3 Å². The summed E-state index contributed by atoms with van der Waals surface area (Å²) in [5, 5.41) is 0. The number of Topliss-reactive ketones (excluding diaryl/α,β-unsaturated/α-hetero) is 1. The second-order valence-corrected chi connectivity index (χ2v) is 3.60. The van der Waals surface area contributed by atoms with Crippen molar-refractivity contribution >= 4 is 11.5 Å². The van der Waals surface area contributed by atoms with E-state index in [0.717, 1.165) is 0 Å². The van der Waals surface area contributed by atoms with Gasteiger partial charge in [-0.2, -0.15) is 0 Å². The van der Waals surface area contributed by atoms with Gasteiger partial charge < -0.3 is 9.64 Å². The lowest BCUT2D eigenvalue weighted by Crippen LogP contribution is -2.24. The monoisotopic (exact) mass is 225 g/mol. The molecule has 1 rings (SSSR count). The molecular weight excluding hydrogens is 209 g/mol. The number of carbonyl (C=O) groups excluding carboxylic acids is 1. The quantitative estimate of drug-likeness (QED) is 0.719. The van der Waals surface area contributed by atoms with Crippen molar-refractivity contribution < 1.29 is 13.9 Å². The Balaban J connectivity index is 3.02. The number of halogens is 1. The first-order valence-corrected chi connectivity index (χ1v) is 5.07. The average Bonchev–Trinajstić information content (AvgIpc) is 2.24. The summed E-state index contributed by atoms with van der Waals surface area (Å²) in [4.78, 5) is 13.2. The third-order valence-corrected chi connectivity index (χ3v) is 2.39. The molecule has 0 bridgehead atoms. The topological polar surface area (TPSA) is 29.5 Å². The van der Waals surface area contributed by atoms with E-state index in [1.54, 1.807) is 26.3 Å².